The van der Waals surface area contributed by atoms with E-state index < -0.39 is 23.7 Å². The zero-order valence-corrected chi connectivity index (χ0v) is 13.2. The second kappa shape index (κ2) is 6.62. The van der Waals surface area contributed by atoms with E-state index in [4.69, 9.17) is 16.7 Å². The number of amides is 2. The lowest BCUT2D eigenvalue weighted by Gasteiger charge is -2.15. The Morgan fingerprint density at radius 2 is 2.10 bits per heavy atom. The lowest BCUT2D eigenvalue weighted by atomic mass is 10.1. The summed E-state index contributed by atoms with van der Waals surface area (Å²) in [5.41, 5.74) is 0.267. The van der Waals surface area contributed by atoms with E-state index in [0.29, 0.717) is 23.7 Å². The summed E-state index contributed by atoms with van der Waals surface area (Å²) in [5, 5.41) is 14.2. The van der Waals surface area contributed by atoms with Crippen molar-refractivity contribution in [3.63, 3.8) is 0 Å². The van der Waals surface area contributed by atoms with Gasteiger partial charge in [0.25, 0.3) is 0 Å². The van der Waals surface area contributed by atoms with E-state index in [1.54, 1.807) is 0 Å². The second-order valence-electron chi connectivity index (χ2n) is 4.89. The number of rotatable bonds is 3. The molecule has 8 heteroatoms. The first-order chi connectivity index (χ1) is 9.86. The van der Waals surface area contributed by atoms with Crippen LogP contribution in [0, 0.1) is 11.7 Å². The van der Waals surface area contributed by atoms with Crippen molar-refractivity contribution in [3.05, 3.63) is 27.4 Å². The molecule has 0 aromatic heterocycles. The maximum Gasteiger partial charge on any atom is 0.319 e. The van der Waals surface area contributed by atoms with E-state index in [2.05, 4.69) is 26.6 Å². The van der Waals surface area contributed by atoms with Gasteiger partial charge in [0, 0.05) is 10.5 Å². The molecule has 0 spiro atoms. The van der Waals surface area contributed by atoms with Crippen LogP contribution in [0.2, 0.25) is 5.02 Å². The molecule has 5 nitrogen and oxygen atoms in total. The van der Waals surface area contributed by atoms with Crippen molar-refractivity contribution in [1.29, 1.82) is 0 Å². The van der Waals surface area contributed by atoms with Crippen LogP contribution in [0.15, 0.2) is 16.6 Å². The van der Waals surface area contributed by atoms with Gasteiger partial charge in [-0.15, -0.1) is 0 Å². The number of urea groups is 1. The molecule has 1 aliphatic carbocycles. The fourth-order valence-electron chi connectivity index (χ4n) is 2.33. The number of hydrogen-bond donors (Lipinski definition) is 3. The maximum absolute atomic E-state index is 13.1. The highest BCUT2D eigenvalue weighted by Gasteiger charge is 2.30. The van der Waals surface area contributed by atoms with Gasteiger partial charge in [-0.05, 0) is 47.3 Å². The fourth-order valence-corrected chi connectivity index (χ4v) is 3.23. The molecule has 1 aromatic carbocycles. The number of carboxylic acids is 1. The Morgan fingerprint density at radius 1 is 1.38 bits per heavy atom. The van der Waals surface area contributed by atoms with Crippen LogP contribution in [0.4, 0.5) is 14.9 Å². The summed E-state index contributed by atoms with van der Waals surface area (Å²) in [6, 6.07) is 1.60. The minimum absolute atomic E-state index is 0.0758. The van der Waals surface area contributed by atoms with Crippen LogP contribution in [-0.4, -0.2) is 23.1 Å². The topological polar surface area (TPSA) is 78.4 Å². The number of carbonyl (C=O) groups is 2. The van der Waals surface area contributed by atoms with Gasteiger partial charge in [-0.3, -0.25) is 4.79 Å². The minimum atomic E-state index is -0.843. The molecular formula is C13H13BrClFN2O3. The first kappa shape index (κ1) is 16.0. The summed E-state index contributed by atoms with van der Waals surface area (Å²) in [7, 11) is 0. The van der Waals surface area contributed by atoms with E-state index in [9.17, 15) is 14.0 Å². The number of carboxylic acid groups (broad SMARTS) is 1. The van der Waals surface area contributed by atoms with E-state index in [1.165, 1.54) is 6.07 Å². The van der Waals surface area contributed by atoms with Crippen LogP contribution in [-0.2, 0) is 4.79 Å². The number of halogens is 3. The van der Waals surface area contributed by atoms with Gasteiger partial charge in [0.1, 0.15) is 5.82 Å². The molecule has 114 valence electrons. The molecule has 1 aliphatic rings. The van der Waals surface area contributed by atoms with Crippen LogP contribution >= 0.6 is 27.5 Å². The predicted octanol–water partition coefficient (Wildman–Crippen LogP) is 3.62. The third-order valence-corrected chi connectivity index (χ3v) is 4.29. The Labute approximate surface area is 134 Å². The molecule has 2 amide bonds. The van der Waals surface area contributed by atoms with Crippen LogP contribution in [0.3, 0.4) is 0 Å². The van der Waals surface area contributed by atoms with E-state index in [1.807, 2.05) is 0 Å². The fraction of sp³-hybridized carbons (Fsp3) is 0.385. The summed E-state index contributed by atoms with van der Waals surface area (Å²) in [5.74, 6) is -1.78. The predicted molar refractivity (Wildman–Crippen MR) is 80.0 cm³/mol. The smallest absolute Gasteiger partial charge is 0.319 e. The average Bonchev–Trinajstić information content (AvgIpc) is 2.82. The minimum Gasteiger partial charge on any atom is -0.481 e. The molecule has 0 bridgehead atoms. The highest BCUT2D eigenvalue weighted by atomic mass is 79.9. The van der Waals surface area contributed by atoms with Gasteiger partial charge in [-0.25, -0.2) is 9.18 Å². The van der Waals surface area contributed by atoms with Crippen LogP contribution in [0.1, 0.15) is 19.3 Å². The quantitative estimate of drug-likeness (QED) is 0.750. The van der Waals surface area contributed by atoms with Crippen molar-refractivity contribution in [1.82, 2.24) is 5.32 Å². The molecule has 0 saturated heterocycles. The van der Waals surface area contributed by atoms with Crippen molar-refractivity contribution < 1.29 is 19.1 Å². The standard InChI is InChI=1S/C13H13BrClFN2O3/c14-9-4-7(16)5-10(15)11(9)18-13(21)17-8-2-1-6(3-8)12(19)20/h4-6,8H,1-3H2,(H,19,20)(H2,17,18,21). The molecular weight excluding hydrogens is 367 g/mol. The molecule has 3 N–H and O–H groups in total. The highest BCUT2D eigenvalue weighted by Crippen LogP contribution is 2.32. The number of hydrogen-bond acceptors (Lipinski definition) is 2. The Bertz CT molecular complexity index is 562. The normalized spacial score (nSPS) is 21.1. The van der Waals surface area contributed by atoms with Gasteiger partial charge in [0.15, 0.2) is 0 Å². The van der Waals surface area contributed by atoms with Gasteiger partial charge in [-0.1, -0.05) is 11.6 Å². The lowest BCUT2D eigenvalue weighted by Crippen LogP contribution is -2.36. The van der Waals surface area contributed by atoms with Gasteiger partial charge in [0.05, 0.1) is 16.6 Å². The van der Waals surface area contributed by atoms with Crippen LogP contribution in [0.5, 0.6) is 0 Å². The Balaban J connectivity index is 1.96. The third kappa shape index (κ3) is 4.07. The summed E-state index contributed by atoms with van der Waals surface area (Å²) in [4.78, 5) is 22.7. The van der Waals surface area contributed by atoms with Crippen molar-refractivity contribution in [3.8, 4) is 0 Å². The molecule has 0 radical (unpaired) electrons. The zero-order chi connectivity index (χ0) is 15.6. The molecule has 21 heavy (non-hydrogen) atoms. The van der Waals surface area contributed by atoms with Crippen LogP contribution < -0.4 is 10.6 Å². The number of carbonyl (C=O) groups excluding carboxylic acids is 1. The zero-order valence-electron chi connectivity index (χ0n) is 10.8. The van der Waals surface area contributed by atoms with Crippen molar-refractivity contribution in [2.24, 2.45) is 5.92 Å². The highest BCUT2D eigenvalue weighted by molar-refractivity contribution is 9.10. The summed E-state index contributed by atoms with van der Waals surface area (Å²) in [6.07, 6.45) is 1.56. The average molecular weight is 380 g/mol. The van der Waals surface area contributed by atoms with Crippen molar-refractivity contribution in [2.75, 3.05) is 5.32 Å². The van der Waals surface area contributed by atoms with E-state index >= 15 is 0 Å². The van der Waals surface area contributed by atoms with E-state index in [0.717, 1.165) is 6.07 Å². The molecule has 1 aromatic rings. The van der Waals surface area contributed by atoms with E-state index in [-0.39, 0.29) is 16.8 Å². The monoisotopic (exact) mass is 378 g/mol. The SMILES string of the molecule is O=C(Nc1c(Cl)cc(F)cc1Br)NC1CCC(C(=O)O)C1. The Kier molecular flexibility index (Phi) is 5.05. The van der Waals surface area contributed by atoms with Gasteiger partial charge < -0.3 is 15.7 Å². The number of aliphatic carboxylic acids is 1. The molecule has 2 rings (SSSR count). The summed E-state index contributed by atoms with van der Waals surface area (Å²) in [6.45, 7) is 0. The second-order valence-corrected chi connectivity index (χ2v) is 6.15. The summed E-state index contributed by atoms with van der Waals surface area (Å²) >= 11 is 8.99. The van der Waals surface area contributed by atoms with Crippen molar-refractivity contribution in [2.45, 2.75) is 25.3 Å². The largest absolute Gasteiger partial charge is 0.481 e. The van der Waals surface area contributed by atoms with Gasteiger partial charge in [0.2, 0.25) is 0 Å². The molecule has 2 atom stereocenters. The molecule has 2 unspecified atom stereocenters. The molecule has 1 saturated carbocycles. The van der Waals surface area contributed by atoms with Crippen molar-refractivity contribution >= 4 is 45.2 Å². The molecule has 0 aliphatic heterocycles. The first-order valence-corrected chi connectivity index (χ1v) is 7.48. The summed E-state index contributed by atoms with van der Waals surface area (Å²) < 4.78 is 13.4. The molecule has 1 fully saturated rings. The Morgan fingerprint density at radius 3 is 2.67 bits per heavy atom. The Hall–Kier alpha value is -1.34. The van der Waals surface area contributed by atoms with Gasteiger partial charge >= 0.3 is 12.0 Å². The maximum atomic E-state index is 13.1. The lowest BCUT2D eigenvalue weighted by molar-refractivity contribution is -0.141. The number of benzene rings is 1. The van der Waals surface area contributed by atoms with Crippen LogP contribution in [0.25, 0.3) is 0 Å². The first-order valence-electron chi connectivity index (χ1n) is 6.31. The number of nitrogens with one attached hydrogen (secondary N) is 2. The third-order valence-electron chi connectivity index (χ3n) is 3.36. The number of anilines is 1. The molecule has 0 heterocycles. The van der Waals surface area contributed by atoms with Gasteiger partial charge in [-0.2, -0.15) is 0 Å².